The predicted molar refractivity (Wildman–Crippen MR) is 71.8 cm³/mol. The van der Waals surface area contributed by atoms with Gasteiger partial charge in [0.25, 0.3) is 0 Å². The molecule has 0 heterocycles. The van der Waals surface area contributed by atoms with Crippen LogP contribution in [-0.2, 0) is 4.74 Å². The molecule has 1 N–H and O–H groups in total. The summed E-state index contributed by atoms with van der Waals surface area (Å²) in [6.45, 7) is 15.1. The molecule has 16 heavy (non-hydrogen) atoms. The Balaban J connectivity index is 3.16. The molecule has 0 aliphatic heterocycles. The monoisotopic (exact) mass is 229 g/mol. The first-order chi connectivity index (χ1) is 7.45. The molecule has 0 spiro atoms. The highest BCUT2D eigenvalue weighted by Crippen LogP contribution is 2.16. The lowest BCUT2D eigenvalue weighted by Crippen LogP contribution is -2.24. The lowest BCUT2D eigenvalue weighted by atomic mass is 9.92. The van der Waals surface area contributed by atoms with Crippen molar-refractivity contribution >= 4 is 0 Å². The van der Waals surface area contributed by atoms with E-state index in [1.165, 1.54) is 19.3 Å². The molecule has 2 nitrogen and oxygen atoms in total. The van der Waals surface area contributed by atoms with Crippen LogP contribution in [0.1, 0.15) is 53.9 Å². The maximum Gasteiger partial charge on any atom is 0.0591 e. The van der Waals surface area contributed by atoms with Crippen LogP contribution in [0.4, 0.5) is 0 Å². The van der Waals surface area contributed by atoms with Crippen LogP contribution in [0.5, 0.6) is 0 Å². The number of rotatable bonds is 9. The van der Waals surface area contributed by atoms with Crippen molar-refractivity contribution in [3.8, 4) is 0 Å². The van der Waals surface area contributed by atoms with Gasteiger partial charge >= 0.3 is 0 Å². The van der Waals surface area contributed by atoms with E-state index < -0.39 is 0 Å². The van der Waals surface area contributed by atoms with Crippen molar-refractivity contribution in [2.24, 2.45) is 11.3 Å². The van der Waals surface area contributed by atoms with Gasteiger partial charge in [0, 0.05) is 13.2 Å². The predicted octanol–water partition coefficient (Wildman–Crippen LogP) is 3.47. The van der Waals surface area contributed by atoms with Crippen molar-refractivity contribution in [1.29, 1.82) is 0 Å². The number of hydrogen-bond donors (Lipinski definition) is 1. The van der Waals surface area contributed by atoms with Gasteiger partial charge in [-0.3, -0.25) is 0 Å². The zero-order chi connectivity index (χ0) is 12.4. The topological polar surface area (TPSA) is 21.3 Å². The first kappa shape index (κ1) is 15.9. The second-order valence-corrected chi connectivity index (χ2v) is 6.03. The number of ether oxygens (including phenoxy) is 1. The highest BCUT2D eigenvalue weighted by Gasteiger charge is 2.08. The molecule has 1 atom stereocenters. The standard InChI is InChI=1S/C14H31NO/c1-6-7-13(2)12-16-11-10-15-9-8-14(3,4)5/h13,15H,6-12H2,1-5H3. The molecule has 0 rings (SSSR count). The third-order valence-electron chi connectivity index (χ3n) is 2.66. The summed E-state index contributed by atoms with van der Waals surface area (Å²) in [5, 5.41) is 3.42. The van der Waals surface area contributed by atoms with Gasteiger partial charge in [0.2, 0.25) is 0 Å². The fraction of sp³-hybridized carbons (Fsp3) is 1.00. The summed E-state index contributed by atoms with van der Waals surface area (Å²) in [6, 6.07) is 0. The van der Waals surface area contributed by atoms with E-state index in [1.54, 1.807) is 0 Å². The quantitative estimate of drug-likeness (QED) is 0.611. The van der Waals surface area contributed by atoms with Crippen LogP contribution in [0.15, 0.2) is 0 Å². The Hall–Kier alpha value is -0.0800. The summed E-state index contributed by atoms with van der Waals surface area (Å²) in [6.07, 6.45) is 3.76. The Bertz CT molecular complexity index is 151. The van der Waals surface area contributed by atoms with E-state index in [4.69, 9.17) is 4.74 Å². The van der Waals surface area contributed by atoms with Gasteiger partial charge in [0.05, 0.1) is 6.61 Å². The molecule has 1 unspecified atom stereocenters. The molecule has 0 bridgehead atoms. The zero-order valence-electron chi connectivity index (χ0n) is 11.9. The van der Waals surface area contributed by atoms with E-state index in [0.29, 0.717) is 11.3 Å². The molecular formula is C14H31NO. The van der Waals surface area contributed by atoms with E-state index in [1.807, 2.05) is 0 Å². The smallest absolute Gasteiger partial charge is 0.0591 e. The lowest BCUT2D eigenvalue weighted by Gasteiger charge is -2.18. The Morgan fingerprint density at radius 3 is 2.44 bits per heavy atom. The first-order valence-corrected chi connectivity index (χ1v) is 6.74. The Morgan fingerprint density at radius 2 is 1.88 bits per heavy atom. The summed E-state index contributed by atoms with van der Waals surface area (Å²) in [5.74, 6) is 0.708. The van der Waals surface area contributed by atoms with Gasteiger partial charge in [-0.15, -0.1) is 0 Å². The van der Waals surface area contributed by atoms with Crippen LogP contribution >= 0.6 is 0 Å². The highest BCUT2D eigenvalue weighted by molar-refractivity contribution is 4.62. The highest BCUT2D eigenvalue weighted by atomic mass is 16.5. The van der Waals surface area contributed by atoms with E-state index in [2.05, 4.69) is 39.9 Å². The second kappa shape index (κ2) is 9.00. The van der Waals surface area contributed by atoms with Crippen molar-refractivity contribution in [2.45, 2.75) is 53.9 Å². The van der Waals surface area contributed by atoms with Crippen LogP contribution in [0.3, 0.4) is 0 Å². The third-order valence-corrected chi connectivity index (χ3v) is 2.66. The normalized spacial score (nSPS) is 14.1. The number of hydrogen-bond acceptors (Lipinski definition) is 2. The Labute approximate surface area is 102 Å². The van der Waals surface area contributed by atoms with Crippen molar-refractivity contribution in [1.82, 2.24) is 5.32 Å². The van der Waals surface area contributed by atoms with Gasteiger partial charge in [-0.25, -0.2) is 0 Å². The molecule has 0 aromatic carbocycles. The van der Waals surface area contributed by atoms with Gasteiger partial charge in [0.1, 0.15) is 0 Å². The first-order valence-electron chi connectivity index (χ1n) is 6.74. The molecule has 0 aromatic rings. The summed E-state index contributed by atoms with van der Waals surface area (Å²) in [5.41, 5.74) is 0.434. The van der Waals surface area contributed by atoms with Crippen LogP contribution in [0.25, 0.3) is 0 Å². The molecule has 0 aliphatic carbocycles. The Kier molecular flexibility index (Phi) is 8.96. The van der Waals surface area contributed by atoms with Gasteiger partial charge < -0.3 is 10.1 Å². The van der Waals surface area contributed by atoms with E-state index in [9.17, 15) is 0 Å². The van der Waals surface area contributed by atoms with E-state index >= 15 is 0 Å². The minimum atomic E-state index is 0.434. The molecule has 0 saturated heterocycles. The average molecular weight is 229 g/mol. The van der Waals surface area contributed by atoms with Gasteiger partial charge in [-0.05, 0) is 30.7 Å². The molecule has 0 radical (unpaired) electrons. The van der Waals surface area contributed by atoms with E-state index in [0.717, 1.165) is 26.3 Å². The maximum atomic E-state index is 5.62. The lowest BCUT2D eigenvalue weighted by molar-refractivity contribution is 0.103. The van der Waals surface area contributed by atoms with Gasteiger partial charge in [-0.1, -0.05) is 41.0 Å². The van der Waals surface area contributed by atoms with Crippen LogP contribution < -0.4 is 5.32 Å². The molecule has 0 fully saturated rings. The van der Waals surface area contributed by atoms with Crippen LogP contribution in [0, 0.1) is 11.3 Å². The molecule has 0 aliphatic rings. The summed E-state index contributed by atoms with van der Waals surface area (Å²) in [4.78, 5) is 0. The van der Waals surface area contributed by atoms with Crippen molar-refractivity contribution in [3.63, 3.8) is 0 Å². The second-order valence-electron chi connectivity index (χ2n) is 6.03. The Morgan fingerprint density at radius 1 is 1.19 bits per heavy atom. The molecule has 0 aromatic heterocycles. The fourth-order valence-electron chi connectivity index (χ4n) is 1.59. The third kappa shape index (κ3) is 12.0. The van der Waals surface area contributed by atoms with Crippen LogP contribution in [-0.4, -0.2) is 26.3 Å². The number of nitrogens with one attached hydrogen (secondary N) is 1. The average Bonchev–Trinajstić information content (AvgIpc) is 2.15. The van der Waals surface area contributed by atoms with E-state index in [-0.39, 0.29) is 0 Å². The molecule has 0 amide bonds. The molecular weight excluding hydrogens is 198 g/mol. The van der Waals surface area contributed by atoms with Crippen molar-refractivity contribution in [2.75, 3.05) is 26.3 Å². The zero-order valence-corrected chi connectivity index (χ0v) is 11.9. The largest absolute Gasteiger partial charge is 0.380 e. The SMILES string of the molecule is CCCC(C)COCCNCCC(C)(C)C. The molecule has 2 heteroatoms. The minimum absolute atomic E-state index is 0.434. The maximum absolute atomic E-state index is 5.62. The van der Waals surface area contributed by atoms with Crippen molar-refractivity contribution in [3.05, 3.63) is 0 Å². The minimum Gasteiger partial charge on any atom is -0.380 e. The summed E-state index contributed by atoms with van der Waals surface area (Å²) < 4.78 is 5.62. The van der Waals surface area contributed by atoms with Gasteiger partial charge in [-0.2, -0.15) is 0 Å². The van der Waals surface area contributed by atoms with Crippen LogP contribution in [0.2, 0.25) is 0 Å². The summed E-state index contributed by atoms with van der Waals surface area (Å²) >= 11 is 0. The molecule has 98 valence electrons. The van der Waals surface area contributed by atoms with Crippen molar-refractivity contribution < 1.29 is 4.74 Å². The molecule has 0 saturated carbocycles. The fourth-order valence-corrected chi connectivity index (χ4v) is 1.59. The summed E-state index contributed by atoms with van der Waals surface area (Å²) in [7, 11) is 0. The van der Waals surface area contributed by atoms with Gasteiger partial charge in [0.15, 0.2) is 0 Å².